The molecule has 1 amide bonds. The van der Waals surface area contributed by atoms with Crippen LogP contribution in [0, 0.1) is 0 Å². The van der Waals surface area contributed by atoms with E-state index in [1.54, 1.807) is 0 Å². The average molecular weight is 464 g/mol. The van der Waals surface area contributed by atoms with Crippen LogP contribution in [-0.2, 0) is 16.0 Å². The lowest BCUT2D eigenvalue weighted by atomic mass is 10.0. The Kier molecular flexibility index (Phi) is 6.62. The van der Waals surface area contributed by atoms with Gasteiger partial charge in [-0.15, -0.1) is 0 Å². The number of nitrogens with zero attached hydrogens (tertiary/aromatic N) is 2. The van der Waals surface area contributed by atoms with Crippen LogP contribution in [0.1, 0.15) is 35.2 Å². The van der Waals surface area contributed by atoms with Gasteiger partial charge in [0.1, 0.15) is 12.7 Å². The van der Waals surface area contributed by atoms with Crippen LogP contribution in [0.2, 0.25) is 0 Å². The average Bonchev–Trinajstić information content (AvgIpc) is 3.48. The van der Waals surface area contributed by atoms with Crippen molar-refractivity contribution in [3.63, 3.8) is 0 Å². The van der Waals surface area contributed by atoms with Gasteiger partial charge in [-0.25, -0.2) is 4.79 Å². The number of piperidine rings is 1. The molecule has 2 aromatic carbocycles. The standard InChI is InChI=1S/C25H29N5O4/c31-24(26-9-8-22-16-33-25(32)34-22)18-4-1-3-17(11-18)14-30-10-2-5-21(15-30)28-20-6-7-23-19(12-20)13-27-29-23/h1,3-4,6-7,11-13,21-22,28H,2,5,8-10,14-16H2,(H,26,31)(H,27,29). The first-order chi connectivity index (χ1) is 16.6. The molecule has 0 saturated carbocycles. The van der Waals surface area contributed by atoms with Crippen LogP contribution in [-0.4, -0.2) is 65.5 Å². The number of nitrogens with one attached hydrogen (secondary N) is 3. The highest BCUT2D eigenvalue weighted by atomic mass is 16.8. The fourth-order valence-corrected chi connectivity index (χ4v) is 4.61. The molecule has 2 atom stereocenters. The number of amides is 1. The Bertz CT molecular complexity index is 1160. The molecule has 0 spiro atoms. The molecule has 9 heteroatoms. The predicted molar refractivity (Wildman–Crippen MR) is 128 cm³/mol. The third kappa shape index (κ3) is 5.48. The Morgan fingerprint density at radius 3 is 3.06 bits per heavy atom. The monoisotopic (exact) mass is 463 g/mol. The van der Waals surface area contributed by atoms with Crippen LogP contribution in [0.15, 0.2) is 48.7 Å². The lowest BCUT2D eigenvalue weighted by Gasteiger charge is -2.33. The number of carbonyl (C=O) groups is 2. The van der Waals surface area contributed by atoms with E-state index in [0.717, 1.165) is 54.6 Å². The topological polar surface area (TPSA) is 109 Å². The van der Waals surface area contributed by atoms with Gasteiger partial charge in [-0.1, -0.05) is 12.1 Å². The molecule has 0 bridgehead atoms. The van der Waals surface area contributed by atoms with Crippen LogP contribution in [0.5, 0.6) is 0 Å². The van der Waals surface area contributed by atoms with Gasteiger partial charge >= 0.3 is 6.16 Å². The summed E-state index contributed by atoms with van der Waals surface area (Å²) in [6.07, 6.45) is 3.70. The Morgan fingerprint density at radius 2 is 2.18 bits per heavy atom. The van der Waals surface area contributed by atoms with Crippen LogP contribution < -0.4 is 10.6 Å². The van der Waals surface area contributed by atoms with Crippen molar-refractivity contribution in [2.75, 3.05) is 31.6 Å². The summed E-state index contributed by atoms with van der Waals surface area (Å²) in [5, 5.41) is 14.7. The van der Waals surface area contributed by atoms with Gasteiger partial charge in [0.15, 0.2) is 0 Å². The molecule has 34 heavy (non-hydrogen) atoms. The molecule has 2 aliphatic heterocycles. The van der Waals surface area contributed by atoms with E-state index in [2.05, 4.69) is 50.0 Å². The van der Waals surface area contributed by atoms with Gasteiger partial charge in [-0.2, -0.15) is 5.10 Å². The van der Waals surface area contributed by atoms with Crippen molar-refractivity contribution < 1.29 is 19.1 Å². The molecule has 0 radical (unpaired) electrons. The molecule has 2 fully saturated rings. The predicted octanol–water partition coefficient (Wildman–Crippen LogP) is 3.29. The third-order valence-electron chi connectivity index (χ3n) is 6.31. The van der Waals surface area contributed by atoms with Crippen LogP contribution in [0.4, 0.5) is 10.5 Å². The Labute approximate surface area is 197 Å². The summed E-state index contributed by atoms with van der Waals surface area (Å²) in [5.74, 6) is -0.125. The van der Waals surface area contributed by atoms with E-state index in [1.807, 2.05) is 24.4 Å². The van der Waals surface area contributed by atoms with E-state index >= 15 is 0 Å². The fraction of sp³-hybridized carbons (Fsp3) is 0.400. The molecule has 3 aromatic rings. The number of anilines is 1. The highest BCUT2D eigenvalue weighted by Crippen LogP contribution is 2.21. The number of carbonyl (C=O) groups excluding carboxylic acids is 2. The van der Waals surface area contributed by atoms with Crippen LogP contribution in [0.25, 0.3) is 10.9 Å². The first-order valence-corrected chi connectivity index (χ1v) is 11.7. The van der Waals surface area contributed by atoms with Gasteiger partial charge in [0.2, 0.25) is 0 Å². The molecular formula is C25H29N5O4. The zero-order valence-corrected chi connectivity index (χ0v) is 19.0. The minimum absolute atomic E-state index is 0.125. The minimum atomic E-state index is -0.641. The number of H-pyrrole nitrogens is 1. The van der Waals surface area contributed by atoms with Crippen molar-refractivity contribution in [1.82, 2.24) is 20.4 Å². The SMILES string of the molecule is O=C1OCC(CCNC(=O)c2cccc(CN3CCCC(Nc4ccc5[nH]ncc5c4)C3)c2)O1. The number of aromatic amines is 1. The summed E-state index contributed by atoms with van der Waals surface area (Å²) in [6.45, 7) is 3.46. The van der Waals surface area contributed by atoms with E-state index < -0.39 is 6.16 Å². The van der Waals surface area contributed by atoms with Gasteiger partial charge in [-0.05, 0) is 55.3 Å². The smallest absolute Gasteiger partial charge is 0.430 e. The minimum Gasteiger partial charge on any atom is -0.430 e. The molecule has 5 rings (SSSR count). The van der Waals surface area contributed by atoms with E-state index in [-0.39, 0.29) is 18.6 Å². The summed E-state index contributed by atoms with van der Waals surface area (Å²) in [4.78, 5) is 26.0. The molecular weight excluding hydrogens is 434 g/mol. The first kappa shape index (κ1) is 22.2. The molecule has 178 valence electrons. The molecule has 2 saturated heterocycles. The van der Waals surface area contributed by atoms with Crippen LogP contribution in [0.3, 0.4) is 0 Å². The third-order valence-corrected chi connectivity index (χ3v) is 6.31. The number of aromatic nitrogens is 2. The zero-order valence-electron chi connectivity index (χ0n) is 19.0. The molecule has 3 N–H and O–H groups in total. The van der Waals surface area contributed by atoms with Gasteiger partial charge in [0.05, 0.1) is 11.7 Å². The molecule has 3 heterocycles. The van der Waals surface area contributed by atoms with E-state index in [9.17, 15) is 9.59 Å². The highest BCUT2D eigenvalue weighted by molar-refractivity contribution is 5.94. The van der Waals surface area contributed by atoms with Crippen molar-refractivity contribution in [3.05, 3.63) is 59.8 Å². The van der Waals surface area contributed by atoms with Gasteiger partial charge < -0.3 is 20.1 Å². The van der Waals surface area contributed by atoms with E-state index in [4.69, 9.17) is 9.47 Å². The van der Waals surface area contributed by atoms with Gasteiger partial charge in [0.25, 0.3) is 5.91 Å². The summed E-state index contributed by atoms with van der Waals surface area (Å²) in [7, 11) is 0. The van der Waals surface area contributed by atoms with Gasteiger partial charge in [-0.3, -0.25) is 14.8 Å². The number of fused-ring (bicyclic) bond motifs is 1. The van der Waals surface area contributed by atoms with Crippen LogP contribution >= 0.6 is 0 Å². The molecule has 9 nitrogen and oxygen atoms in total. The summed E-state index contributed by atoms with van der Waals surface area (Å²) in [5.41, 5.74) is 3.90. The van der Waals surface area contributed by atoms with Gasteiger partial charge in [0, 0.05) is 48.7 Å². The number of rotatable bonds is 8. The molecule has 1 aromatic heterocycles. The zero-order chi connectivity index (χ0) is 23.3. The Morgan fingerprint density at radius 1 is 1.24 bits per heavy atom. The van der Waals surface area contributed by atoms with Crippen molar-refractivity contribution in [3.8, 4) is 0 Å². The molecule has 2 aliphatic rings. The number of cyclic esters (lactones) is 2. The Hall–Kier alpha value is -3.59. The number of hydrogen-bond acceptors (Lipinski definition) is 7. The normalized spacial score (nSPS) is 20.6. The van der Waals surface area contributed by atoms with Crippen molar-refractivity contribution in [1.29, 1.82) is 0 Å². The molecule has 0 aliphatic carbocycles. The maximum atomic E-state index is 12.6. The van der Waals surface area contributed by atoms with E-state index in [1.165, 1.54) is 0 Å². The second kappa shape index (κ2) is 10.1. The summed E-state index contributed by atoms with van der Waals surface area (Å²) < 4.78 is 9.75. The quantitative estimate of drug-likeness (QED) is 0.440. The number of benzene rings is 2. The largest absolute Gasteiger partial charge is 0.508 e. The van der Waals surface area contributed by atoms with Crippen molar-refractivity contribution >= 4 is 28.7 Å². The van der Waals surface area contributed by atoms with Crippen molar-refractivity contribution in [2.24, 2.45) is 0 Å². The fourth-order valence-electron chi connectivity index (χ4n) is 4.61. The molecule has 2 unspecified atom stereocenters. The number of likely N-dealkylation sites (tertiary alicyclic amines) is 1. The maximum Gasteiger partial charge on any atom is 0.508 e. The second-order valence-corrected chi connectivity index (χ2v) is 8.94. The summed E-state index contributed by atoms with van der Waals surface area (Å²) in [6, 6.07) is 14.4. The van der Waals surface area contributed by atoms with E-state index in [0.29, 0.717) is 24.6 Å². The second-order valence-electron chi connectivity index (χ2n) is 8.94. The number of ether oxygens (including phenoxy) is 2. The Balaban J connectivity index is 1.13. The lowest BCUT2D eigenvalue weighted by molar-refractivity contribution is 0.0943. The number of hydrogen-bond donors (Lipinski definition) is 3. The lowest BCUT2D eigenvalue weighted by Crippen LogP contribution is -2.41. The summed E-state index contributed by atoms with van der Waals surface area (Å²) >= 11 is 0. The first-order valence-electron chi connectivity index (χ1n) is 11.7. The highest BCUT2D eigenvalue weighted by Gasteiger charge is 2.24. The van der Waals surface area contributed by atoms with Crippen molar-refractivity contribution in [2.45, 2.75) is 38.0 Å². The maximum absolute atomic E-state index is 12.6.